The zero-order valence-corrected chi connectivity index (χ0v) is 16.1. The van der Waals surface area contributed by atoms with Crippen LogP contribution in [0.5, 0.6) is 0 Å². The van der Waals surface area contributed by atoms with E-state index in [0.29, 0.717) is 25.9 Å². The Bertz CT molecular complexity index is 542. The summed E-state index contributed by atoms with van der Waals surface area (Å²) in [5.74, 6) is -32.5. The number of hydrogen-bond acceptors (Lipinski definition) is 3. The summed E-state index contributed by atoms with van der Waals surface area (Å²) in [5, 5.41) is 0. The van der Waals surface area contributed by atoms with Crippen molar-refractivity contribution < 1.29 is 57.8 Å². The highest BCUT2D eigenvalue weighted by molar-refractivity contribution is 5.79. The molecular formula is C16H22F11NO2. The average molecular weight is 469 g/mol. The summed E-state index contributed by atoms with van der Waals surface area (Å²) in [6.07, 6.45) is -4.53. The first-order valence-electron chi connectivity index (χ1n) is 8.89. The van der Waals surface area contributed by atoms with Crippen molar-refractivity contribution in [2.45, 2.75) is 69.4 Å². The van der Waals surface area contributed by atoms with Crippen molar-refractivity contribution in [3.05, 3.63) is 0 Å². The van der Waals surface area contributed by atoms with Gasteiger partial charge in [0.25, 0.3) is 0 Å². The minimum Gasteiger partial charge on any atom is -0.460 e. The van der Waals surface area contributed by atoms with Gasteiger partial charge in [0.1, 0.15) is 6.61 Å². The van der Waals surface area contributed by atoms with Crippen molar-refractivity contribution in [1.82, 2.24) is 4.90 Å². The molecule has 0 atom stereocenters. The largest absolute Gasteiger partial charge is 0.460 e. The quantitative estimate of drug-likeness (QED) is 0.262. The summed E-state index contributed by atoms with van der Waals surface area (Å²) in [4.78, 5) is 12.8. The maximum absolute atomic E-state index is 13.5. The smallest absolute Gasteiger partial charge is 0.460 e. The number of nitrogens with zero attached hydrogens (tertiary/aromatic N) is 1. The van der Waals surface area contributed by atoms with Crippen molar-refractivity contribution in [3.63, 3.8) is 0 Å². The van der Waals surface area contributed by atoms with Crippen molar-refractivity contribution in [2.24, 2.45) is 0 Å². The topological polar surface area (TPSA) is 29.5 Å². The monoisotopic (exact) mass is 469 g/mol. The Labute approximate surface area is 165 Å². The fourth-order valence-corrected chi connectivity index (χ4v) is 2.16. The number of alkyl halides is 11. The Morgan fingerprint density at radius 3 is 1.50 bits per heavy atom. The first kappa shape index (κ1) is 28.7. The van der Waals surface area contributed by atoms with Gasteiger partial charge in [0.15, 0.2) is 0 Å². The number of halogens is 11. The Kier molecular flexibility index (Phi) is 9.85. The van der Waals surface area contributed by atoms with Crippen LogP contribution in [-0.4, -0.2) is 67.0 Å². The first-order valence-corrected chi connectivity index (χ1v) is 8.89. The molecule has 0 amide bonds. The Balaban J connectivity index is 5.34. The molecule has 0 N–H and O–H groups in total. The Hall–Kier alpha value is -1.34. The van der Waals surface area contributed by atoms with Gasteiger partial charge in [-0.2, -0.15) is 48.3 Å². The average Bonchev–Trinajstić information content (AvgIpc) is 2.61. The molecule has 0 spiro atoms. The fourth-order valence-electron chi connectivity index (χ4n) is 2.16. The number of unbranched alkanes of at least 4 members (excludes halogenated alkanes) is 2. The lowest BCUT2D eigenvalue weighted by atomic mass is 9.98. The van der Waals surface area contributed by atoms with Gasteiger partial charge in [0.05, 0.1) is 0 Å². The van der Waals surface area contributed by atoms with E-state index in [9.17, 15) is 53.1 Å². The third kappa shape index (κ3) is 5.88. The fraction of sp³-hybridized carbons (Fsp3) is 0.938. The summed E-state index contributed by atoms with van der Waals surface area (Å²) >= 11 is 0. The number of rotatable bonds is 13. The molecule has 0 fully saturated rings. The number of carbonyl (C=O) groups excluding carboxylic acids is 1. The predicted molar refractivity (Wildman–Crippen MR) is 83.1 cm³/mol. The van der Waals surface area contributed by atoms with E-state index in [1.165, 1.54) is 0 Å². The minimum atomic E-state index is -7.63. The standard InChI is InChI=1S/C16H22F11NO2/c1-3-5-7-28(8-6-4-2)9-10-30-11(29)12(17,18)13(19,20)14(21,22)15(23,24)16(25,26)27/h3-10H2,1-2H3. The molecule has 14 heteroatoms. The molecule has 0 unspecified atom stereocenters. The van der Waals surface area contributed by atoms with Gasteiger partial charge in [0, 0.05) is 6.54 Å². The molecule has 0 aromatic heterocycles. The van der Waals surface area contributed by atoms with Crippen LogP contribution in [-0.2, 0) is 9.53 Å². The SMILES string of the molecule is CCCCN(CCCC)CCOC(=O)C(F)(F)C(F)(F)C(F)(F)C(F)(F)C(F)(F)F. The van der Waals surface area contributed by atoms with Crippen LogP contribution in [0.25, 0.3) is 0 Å². The van der Waals surface area contributed by atoms with Gasteiger partial charge < -0.3 is 4.74 Å². The van der Waals surface area contributed by atoms with Crippen LogP contribution in [0.1, 0.15) is 39.5 Å². The van der Waals surface area contributed by atoms with Crippen LogP contribution in [0.2, 0.25) is 0 Å². The van der Waals surface area contributed by atoms with E-state index >= 15 is 0 Å². The van der Waals surface area contributed by atoms with Gasteiger partial charge in [-0.3, -0.25) is 4.90 Å². The van der Waals surface area contributed by atoms with Crippen LogP contribution in [0.4, 0.5) is 48.3 Å². The minimum absolute atomic E-state index is 0.261. The molecule has 0 aromatic carbocycles. The second-order valence-electron chi connectivity index (χ2n) is 6.48. The van der Waals surface area contributed by atoms with Gasteiger partial charge in [-0.25, -0.2) is 4.79 Å². The van der Waals surface area contributed by atoms with Crippen LogP contribution in [0, 0.1) is 0 Å². The molecule has 0 aliphatic heterocycles. The molecular weight excluding hydrogens is 447 g/mol. The van der Waals surface area contributed by atoms with Gasteiger partial charge in [-0.05, 0) is 25.9 Å². The highest BCUT2D eigenvalue weighted by atomic mass is 19.4. The molecule has 0 rings (SSSR count). The van der Waals surface area contributed by atoms with Gasteiger partial charge in [-0.15, -0.1) is 0 Å². The van der Waals surface area contributed by atoms with Crippen LogP contribution in [0.15, 0.2) is 0 Å². The van der Waals surface area contributed by atoms with E-state index in [1.807, 2.05) is 13.8 Å². The Morgan fingerprint density at radius 1 is 0.700 bits per heavy atom. The molecule has 0 aliphatic carbocycles. The highest BCUT2D eigenvalue weighted by Crippen LogP contribution is 2.57. The van der Waals surface area contributed by atoms with Gasteiger partial charge >= 0.3 is 35.8 Å². The molecule has 0 saturated heterocycles. The van der Waals surface area contributed by atoms with E-state index in [2.05, 4.69) is 4.74 Å². The summed E-state index contributed by atoms with van der Waals surface area (Å²) < 4.78 is 145. The van der Waals surface area contributed by atoms with Gasteiger partial charge in [0.2, 0.25) is 0 Å². The Morgan fingerprint density at radius 2 is 1.13 bits per heavy atom. The van der Waals surface area contributed by atoms with E-state index in [1.54, 1.807) is 4.90 Å². The molecule has 0 heterocycles. The van der Waals surface area contributed by atoms with Crippen molar-refractivity contribution in [2.75, 3.05) is 26.2 Å². The number of hydrogen-bond donors (Lipinski definition) is 0. The van der Waals surface area contributed by atoms with E-state index in [4.69, 9.17) is 0 Å². The summed E-state index contributed by atoms with van der Waals surface area (Å²) in [7, 11) is 0. The summed E-state index contributed by atoms with van der Waals surface area (Å²) in [6.45, 7) is 3.24. The maximum atomic E-state index is 13.5. The zero-order chi connectivity index (χ0) is 24.0. The zero-order valence-electron chi connectivity index (χ0n) is 16.1. The predicted octanol–water partition coefficient (Wildman–Crippen LogP) is 5.54. The van der Waals surface area contributed by atoms with Crippen LogP contribution < -0.4 is 0 Å². The van der Waals surface area contributed by atoms with E-state index in [-0.39, 0.29) is 6.54 Å². The number of ether oxygens (including phenoxy) is 1. The molecule has 0 aliphatic rings. The molecule has 0 bridgehead atoms. The normalized spacial score (nSPS) is 14.3. The molecule has 180 valence electrons. The number of carbonyl (C=O) groups is 1. The van der Waals surface area contributed by atoms with Crippen molar-refractivity contribution >= 4 is 5.97 Å². The third-order valence-corrected chi connectivity index (χ3v) is 4.09. The molecule has 30 heavy (non-hydrogen) atoms. The van der Waals surface area contributed by atoms with Crippen molar-refractivity contribution in [1.29, 1.82) is 0 Å². The lowest BCUT2D eigenvalue weighted by molar-refractivity contribution is -0.418. The lowest BCUT2D eigenvalue weighted by Gasteiger charge is -2.36. The molecule has 0 aromatic rings. The van der Waals surface area contributed by atoms with E-state index in [0.717, 1.165) is 12.8 Å². The van der Waals surface area contributed by atoms with E-state index < -0.39 is 42.4 Å². The maximum Gasteiger partial charge on any atom is 0.460 e. The van der Waals surface area contributed by atoms with Crippen molar-refractivity contribution in [3.8, 4) is 0 Å². The van der Waals surface area contributed by atoms with Crippen LogP contribution >= 0.6 is 0 Å². The number of esters is 1. The molecule has 0 radical (unpaired) electrons. The molecule has 0 saturated carbocycles. The van der Waals surface area contributed by atoms with Crippen LogP contribution in [0.3, 0.4) is 0 Å². The first-order chi connectivity index (χ1) is 13.4. The molecule has 3 nitrogen and oxygen atoms in total. The lowest BCUT2D eigenvalue weighted by Crippen LogP contribution is -2.68. The summed E-state index contributed by atoms with van der Waals surface area (Å²) in [6, 6.07) is 0. The highest BCUT2D eigenvalue weighted by Gasteiger charge is 2.88. The summed E-state index contributed by atoms with van der Waals surface area (Å²) in [5.41, 5.74) is 0. The third-order valence-electron chi connectivity index (χ3n) is 4.09. The second-order valence-corrected chi connectivity index (χ2v) is 6.48. The second kappa shape index (κ2) is 10.3. The van der Waals surface area contributed by atoms with Gasteiger partial charge in [-0.1, -0.05) is 26.7 Å².